The molecule has 2 aromatic rings. The number of aromatic nitrogens is 4. The molecule has 0 unspecified atom stereocenters. The average molecular weight is 330 g/mol. The number of imidazole rings is 1. The second-order valence-electron chi connectivity index (χ2n) is 4.69. The third kappa shape index (κ3) is 3.00. The highest BCUT2D eigenvalue weighted by atomic mass is 35.5. The van der Waals surface area contributed by atoms with Crippen molar-refractivity contribution >= 4 is 37.3 Å². The van der Waals surface area contributed by atoms with E-state index in [-0.39, 0.29) is 29.7 Å². The van der Waals surface area contributed by atoms with Crippen molar-refractivity contribution in [2.24, 2.45) is 5.92 Å². The van der Waals surface area contributed by atoms with Crippen LogP contribution in [0.15, 0.2) is 18.5 Å². The van der Waals surface area contributed by atoms with Crippen molar-refractivity contribution < 1.29 is 14.3 Å². The summed E-state index contributed by atoms with van der Waals surface area (Å²) in [5.74, 6) is 0.203. The normalized spacial score (nSPS) is 21.7. The standard InChI is InChI=1S/C11H13ClN5O3P/c12-9-8-10(16-11(13)15-9)17(5-14-8)7-2-1-6(3-7)4-20-21(18)19/h1-2,5-7,18-19H,3-4H2,(H2,13,15,16)/t6-,7+/m1/s1. The topological polar surface area (TPSA) is 119 Å². The molecule has 4 N–H and O–H groups in total. The lowest BCUT2D eigenvalue weighted by molar-refractivity contribution is 0.224. The summed E-state index contributed by atoms with van der Waals surface area (Å²) in [6.07, 6.45) is 6.36. The van der Waals surface area contributed by atoms with Crippen molar-refractivity contribution in [1.82, 2.24) is 19.5 Å². The van der Waals surface area contributed by atoms with Crippen molar-refractivity contribution in [3.05, 3.63) is 23.6 Å². The lowest BCUT2D eigenvalue weighted by Gasteiger charge is -2.14. The zero-order valence-corrected chi connectivity index (χ0v) is 12.4. The lowest BCUT2D eigenvalue weighted by Crippen LogP contribution is -2.09. The summed E-state index contributed by atoms with van der Waals surface area (Å²) in [4.78, 5) is 29.8. The van der Waals surface area contributed by atoms with E-state index in [1.807, 2.05) is 16.7 Å². The summed E-state index contributed by atoms with van der Waals surface area (Å²) < 4.78 is 6.72. The van der Waals surface area contributed by atoms with E-state index < -0.39 is 8.60 Å². The van der Waals surface area contributed by atoms with Crippen LogP contribution < -0.4 is 5.73 Å². The van der Waals surface area contributed by atoms with E-state index in [2.05, 4.69) is 15.0 Å². The summed E-state index contributed by atoms with van der Waals surface area (Å²) in [7, 11) is -2.32. The first kappa shape index (κ1) is 14.6. The number of nitrogens with two attached hydrogens (primary N) is 1. The molecule has 21 heavy (non-hydrogen) atoms. The van der Waals surface area contributed by atoms with Gasteiger partial charge in [-0.15, -0.1) is 0 Å². The molecule has 2 aromatic heterocycles. The Labute approximate surface area is 126 Å². The first-order valence-electron chi connectivity index (χ1n) is 6.19. The number of nitrogens with zero attached hydrogens (tertiary/aromatic N) is 4. The van der Waals surface area contributed by atoms with Gasteiger partial charge in [0, 0.05) is 5.92 Å². The van der Waals surface area contributed by atoms with Crippen molar-refractivity contribution in [3.8, 4) is 0 Å². The third-order valence-corrected chi connectivity index (χ3v) is 3.95. The molecule has 1 aliphatic rings. The van der Waals surface area contributed by atoms with Gasteiger partial charge in [-0.1, -0.05) is 23.8 Å². The van der Waals surface area contributed by atoms with Crippen LogP contribution in [0.3, 0.4) is 0 Å². The third-order valence-electron chi connectivity index (χ3n) is 3.31. The Morgan fingerprint density at radius 1 is 1.43 bits per heavy atom. The first-order valence-corrected chi connectivity index (χ1v) is 7.73. The second kappa shape index (κ2) is 5.82. The summed E-state index contributed by atoms with van der Waals surface area (Å²) in [5.41, 5.74) is 6.71. The van der Waals surface area contributed by atoms with Gasteiger partial charge in [0.05, 0.1) is 19.0 Å². The van der Waals surface area contributed by atoms with Crippen LogP contribution in [0.2, 0.25) is 5.15 Å². The van der Waals surface area contributed by atoms with Crippen LogP contribution in [0.1, 0.15) is 12.5 Å². The minimum Gasteiger partial charge on any atom is -0.368 e. The second-order valence-corrected chi connectivity index (χ2v) is 5.81. The summed E-state index contributed by atoms with van der Waals surface area (Å²) in [6, 6.07) is 0.0394. The number of fused-ring (bicyclic) bond motifs is 1. The van der Waals surface area contributed by atoms with Gasteiger partial charge in [-0.25, -0.2) is 4.98 Å². The molecule has 3 rings (SSSR count). The van der Waals surface area contributed by atoms with E-state index >= 15 is 0 Å². The Morgan fingerprint density at radius 3 is 3.00 bits per heavy atom. The van der Waals surface area contributed by atoms with E-state index in [0.717, 1.165) is 6.42 Å². The highest BCUT2D eigenvalue weighted by Gasteiger charge is 2.24. The quantitative estimate of drug-likeness (QED) is 0.440. The number of halogens is 1. The van der Waals surface area contributed by atoms with E-state index in [9.17, 15) is 0 Å². The molecule has 1 aliphatic carbocycles. The van der Waals surface area contributed by atoms with Gasteiger partial charge in [0.2, 0.25) is 5.95 Å². The fourth-order valence-electron chi connectivity index (χ4n) is 2.39. The summed E-state index contributed by atoms with van der Waals surface area (Å²) in [5, 5.41) is 0.226. The van der Waals surface area contributed by atoms with E-state index in [1.165, 1.54) is 0 Å². The number of allylic oxidation sites excluding steroid dienone is 1. The van der Waals surface area contributed by atoms with Gasteiger partial charge in [0.15, 0.2) is 10.8 Å². The van der Waals surface area contributed by atoms with Crippen LogP contribution >= 0.6 is 20.2 Å². The lowest BCUT2D eigenvalue weighted by atomic mass is 10.1. The van der Waals surface area contributed by atoms with Gasteiger partial charge in [-0.05, 0) is 6.42 Å². The van der Waals surface area contributed by atoms with Gasteiger partial charge in [-0.3, -0.25) is 0 Å². The SMILES string of the molecule is Nc1nc(Cl)c2ncn([C@H]3C=C[C@@H](COP(O)O)C3)c2n1. The van der Waals surface area contributed by atoms with Crippen LogP contribution in [-0.2, 0) is 4.52 Å². The van der Waals surface area contributed by atoms with Crippen LogP contribution in [0.25, 0.3) is 11.2 Å². The maximum atomic E-state index is 8.78. The maximum absolute atomic E-state index is 8.78. The van der Waals surface area contributed by atoms with Crippen LogP contribution in [0.4, 0.5) is 5.95 Å². The minimum atomic E-state index is -2.32. The van der Waals surface area contributed by atoms with Crippen molar-refractivity contribution in [1.29, 1.82) is 0 Å². The van der Waals surface area contributed by atoms with Crippen molar-refractivity contribution in [3.63, 3.8) is 0 Å². The Balaban J connectivity index is 1.81. The fourth-order valence-corrected chi connectivity index (χ4v) is 2.93. The number of rotatable bonds is 4. The Bertz CT molecular complexity index is 692. The largest absolute Gasteiger partial charge is 0.368 e. The summed E-state index contributed by atoms with van der Waals surface area (Å²) >= 11 is 6.00. The minimum absolute atomic E-state index is 0.0394. The number of anilines is 1. The van der Waals surface area contributed by atoms with Gasteiger partial charge in [0.25, 0.3) is 0 Å². The Kier molecular flexibility index (Phi) is 4.05. The van der Waals surface area contributed by atoms with E-state index in [4.69, 9.17) is 31.6 Å². The zero-order chi connectivity index (χ0) is 15.0. The molecule has 10 heteroatoms. The molecule has 2 heterocycles. The van der Waals surface area contributed by atoms with Crippen LogP contribution in [-0.4, -0.2) is 35.9 Å². The Morgan fingerprint density at radius 2 is 2.24 bits per heavy atom. The molecule has 2 atom stereocenters. The van der Waals surface area contributed by atoms with Gasteiger partial charge in [0.1, 0.15) is 5.52 Å². The Hall–Kier alpha value is -1.31. The molecular weight excluding hydrogens is 317 g/mol. The molecule has 0 fully saturated rings. The van der Waals surface area contributed by atoms with E-state index in [0.29, 0.717) is 11.2 Å². The van der Waals surface area contributed by atoms with E-state index in [1.54, 1.807) is 6.33 Å². The maximum Gasteiger partial charge on any atom is 0.327 e. The van der Waals surface area contributed by atoms with Crippen LogP contribution in [0, 0.1) is 5.92 Å². The summed E-state index contributed by atoms with van der Waals surface area (Å²) in [6.45, 7) is 0.260. The number of hydrogen-bond acceptors (Lipinski definition) is 7. The average Bonchev–Trinajstić information content (AvgIpc) is 3.02. The predicted molar refractivity (Wildman–Crippen MR) is 78.3 cm³/mol. The smallest absolute Gasteiger partial charge is 0.327 e. The number of hydrogen-bond donors (Lipinski definition) is 3. The van der Waals surface area contributed by atoms with Gasteiger partial charge >= 0.3 is 8.60 Å². The molecule has 0 saturated heterocycles. The fraction of sp³-hybridized carbons (Fsp3) is 0.364. The monoisotopic (exact) mass is 329 g/mol. The highest BCUT2D eigenvalue weighted by molar-refractivity contribution is 7.39. The molecule has 112 valence electrons. The molecule has 0 radical (unpaired) electrons. The molecule has 0 aliphatic heterocycles. The van der Waals surface area contributed by atoms with Gasteiger partial charge < -0.3 is 24.6 Å². The van der Waals surface area contributed by atoms with Crippen molar-refractivity contribution in [2.45, 2.75) is 12.5 Å². The molecule has 0 saturated carbocycles. The molecular formula is C11H13ClN5O3P. The first-order chi connectivity index (χ1) is 10.0. The predicted octanol–water partition coefficient (Wildman–Crippen LogP) is 1.41. The highest BCUT2D eigenvalue weighted by Crippen LogP contribution is 2.34. The molecule has 0 aromatic carbocycles. The molecule has 0 bridgehead atoms. The zero-order valence-electron chi connectivity index (χ0n) is 10.8. The van der Waals surface area contributed by atoms with Crippen LogP contribution in [0.5, 0.6) is 0 Å². The molecule has 0 amide bonds. The number of nitrogen functional groups attached to an aromatic ring is 1. The molecule has 8 nitrogen and oxygen atoms in total. The van der Waals surface area contributed by atoms with Crippen molar-refractivity contribution in [2.75, 3.05) is 12.3 Å². The van der Waals surface area contributed by atoms with Gasteiger partial charge in [-0.2, -0.15) is 9.97 Å². The molecule has 0 spiro atoms.